The van der Waals surface area contributed by atoms with E-state index >= 15 is 0 Å². The quantitative estimate of drug-likeness (QED) is 0.718. The lowest BCUT2D eigenvalue weighted by Crippen LogP contribution is -2.23. The zero-order valence-corrected chi connectivity index (χ0v) is 9.92. The van der Waals surface area contributed by atoms with Gasteiger partial charge in [0.25, 0.3) is 0 Å². The highest BCUT2D eigenvalue weighted by molar-refractivity contribution is 8.02. The highest BCUT2D eigenvalue weighted by Crippen LogP contribution is 2.29. The fraction of sp³-hybridized carbons (Fsp3) is 0.875. The van der Waals surface area contributed by atoms with Gasteiger partial charge in [0.05, 0.1) is 24.0 Å². The lowest BCUT2D eigenvalue weighted by Gasteiger charge is -2.16. The Bertz CT molecular complexity index is 337. The van der Waals surface area contributed by atoms with Crippen molar-refractivity contribution in [2.24, 2.45) is 0 Å². The maximum Gasteiger partial charge on any atom is 0.304 e. The summed E-state index contributed by atoms with van der Waals surface area (Å²) in [5.41, 5.74) is 0. The Balaban J connectivity index is 2.49. The zero-order chi connectivity index (χ0) is 11.6. The molecule has 7 heteroatoms. The number of rotatable bonds is 4. The first-order valence-electron chi connectivity index (χ1n) is 4.56. The third-order valence-electron chi connectivity index (χ3n) is 2.14. The summed E-state index contributed by atoms with van der Waals surface area (Å²) in [6.07, 6.45) is -0.884. The molecule has 0 aromatic rings. The van der Waals surface area contributed by atoms with Crippen LogP contribution in [0.5, 0.6) is 0 Å². The molecule has 1 fully saturated rings. The lowest BCUT2D eigenvalue weighted by atomic mass is 10.3. The second kappa shape index (κ2) is 4.71. The number of carboxylic acids is 1. The molecule has 2 N–H and O–H groups in total. The van der Waals surface area contributed by atoms with Crippen LogP contribution in [0.2, 0.25) is 0 Å². The van der Waals surface area contributed by atoms with Crippen LogP contribution in [0.25, 0.3) is 0 Å². The Morgan fingerprint density at radius 3 is 2.53 bits per heavy atom. The molecule has 1 rings (SSSR count). The van der Waals surface area contributed by atoms with Crippen molar-refractivity contribution in [3.8, 4) is 0 Å². The highest BCUT2D eigenvalue weighted by Gasteiger charge is 2.37. The summed E-state index contributed by atoms with van der Waals surface area (Å²) in [7, 11) is -3.14. The second-order valence-corrected chi connectivity index (χ2v) is 7.56. The minimum Gasteiger partial charge on any atom is -0.481 e. The number of aliphatic carboxylic acids is 1. The van der Waals surface area contributed by atoms with E-state index in [1.54, 1.807) is 6.92 Å². The molecule has 1 saturated heterocycles. The molecule has 0 radical (unpaired) electrons. The summed E-state index contributed by atoms with van der Waals surface area (Å²) in [4.78, 5) is 10.4. The number of aliphatic hydroxyl groups excluding tert-OH is 1. The fourth-order valence-electron chi connectivity index (χ4n) is 1.52. The van der Waals surface area contributed by atoms with Gasteiger partial charge in [0.15, 0.2) is 9.84 Å². The van der Waals surface area contributed by atoms with Crippen LogP contribution in [-0.4, -0.2) is 52.7 Å². The van der Waals surface area contributed by atoms with Gasteiger partial charge in [0.1, 0.15) is 0 Å². The zero-order valence-electron chi connectivity index (χ0n) is 8.29. The number of hydrogen-bond donors (Lipinski definition) is 2. The van der Waals surface area contributed by atoms with Gasteiger partial charge in [-0.25, -0.2) is 8.42 Å². The van der Waals surface area contributed by atoms with Crippen molar-refractivity contribution in [2.45, 2.75) is 29.9 Å². The Kier molecular flexibility index (Phi) is 4.02. The molecule has 5 nitrogen and oxygen atoms in total. The third-order valence-corrected chi connectivity index (χ3v) is 5.53. The monoisotopic (exact) mass is 254 g/mol. The lowest BCUT2D eigenvalue weighted by molar-refractivity contribution is -0.136. The van der Waals surface area contributed by atoms with Gasteiger partial charge in [0, 0.05) is 10.5 Å². The molecule has 1 heterocycles. The maximum atomic E-state index is 11.2. The van der Waals surface area contributed by atoms with Crippen LogP contribution in [-0.2, 0) is 14.6 Å². The Hall–Kier alpha value is -0.270. The van der Waals surface area contributed by atoms with E-state index in [2.05, 4.69) is 0 Å². The van der Waals surface area contributed by atoms with Crippen molar-refractivity contribution < 1.29 is 23.4 Å². The van der Waals surface area contributed by atoms with Crippen LogP contribution in [0.3, 0.4) is 0 Å². The van der Waals surface area contributed by atoms with E-state index < -0.39 is 21.9 Å². The number of thioether (sulfide) groups is 1. The molecule has 1 aliphatic heterocycles. The number of hydrogen-bond acceptors (Lipinski definition) is 5. The number of sulfone groups is 1. The SMILES string of the molecule is CC(CC(=O)O)SC1CS(=O)(=O)CC1O. The van der Waals surface area contributed by atoms with E-state index in [-0.39, 0.29) is 28.4 Å². The number of carboxylic acid groups (broad SMARTS) is 1. The van der Waals surface area contributed by atoms with E-state index in [4.69, 9.17) is 5.11 Å². The maximum absolute atomic E-state index is 11.2. The van der Waals surface area contributed by atoms with Gasteiger partial charge in [0.2, 0.25) is 0 Å². The summed E-state index contributed by atoms with van der Waals surface area (Å²) in [5, 5.41) is 17.4. The average molecular weight is 254 g/mol. The van der Waals surface area contributed by atoms with Crippen molar-refractivity contribution >= 4 is 27.6 Å². The van der Waals surface area contributed by atoms with Crippen molar-refractivity contribution in [3.63, 3.8) is 0 Å². The van der Waals surface area contributed by atoms with Crippen LogP contribution in [0.4, 0.5) is 0 Å². The van der Waals surface area contributed by atoms with Crippen LogP contribution in [0.15, 0.2) is 0 Å². The van der Waals surface area contributed by atoms with E-state index in [0.29, 0.717) is 0 Å². The molecule has 0 amide bonds. The molecule has 15 heavy (non-hydrogen) atoms. The Morgan fingerprint density at radius 2 is 2.13 bits per heavy atom. The molecule has 0 bridgehead atoms. The molecule has 3 atom stereocenters. The predicted molar refractivity (Wildman–Crippen MR) is 57.8 cm³/mol. The molecular weight excluding hydrogens is 240 g/mol. The molecule has 0 spiro atoms. The van der Waals surface area contributed by atoms with E-state index in [1.807, 2.05) is 0 Å². The standard InChI is InChI=1S/C8H14O5S2/c1-5(2-8(10)11)14-7-4-15(12,13)3-6(7)9/h5-7,9H,2-4H2,1H3,(H,10,11). The molecule has 1 aliphatic rings. The van der Waals surface area contributed by atoms with Gasteiger partial charge in [-0.3, -0.25) is 4.79 Å². The third kappa shape index (κ3) is 4.00. The summed E-state index contributed by atoms with van der Waals surface area (Å²) in [5.74, 6) is -1.17. The average Bonchev–Trinajstić information content (AvgIpc) is 2.22. The number of carbonyl (C=O) groups is 1. The van der Waals surface area contributed by atoms with E-state index in [9.17, 15) is 18.3 Å². The topological polar surface area (TPSA) is 91.7 Å². The smallest absolute Gasteiger partial charge is 0.304 e. The highest BCUT2D eigenvalue weighted by atomic mass is 32.2. The Labute approximate surface area is 92.8 Å². The Morgan fingerprint density at radius 1 is 1.53 bits per heavy atom. The predicted octanol–water partition coefficient (Wildman–Crippen LogP) is -0.259. The number of aliphatic hydroxyl groups is 1. The molecular formula is C8H14O5S2. The van der Waals surface area contributed by atoms with Gasteiger partial charge >= 0.3 is 5.97 Å². The van der Waals surface area contributed by atoms with Gasteiger partial charge < -0.3 is 10.2 Å². The molecule has 0 aliphatic carbocycles. The van der Waals surface area contributed by atoms with Gasteiger partial charge in [-0.15, -0.1) is 0 Å². The van der Waals surface area contributed by atoms with Gasteiger partial charge in [-0.2, -0.15) is 11.8 Å². The minimum absolute atomic E-state index is 0.0199. The second-order valence-electron chi connectivity index (χ2n) is 3.73. The first-order valence-corrected chi connectivity index (χ1v) is 7.32. The van der Waals surface area contributed by atoms with Crippen LogP contribution in [0.1, 0.15) is 13.3 Å². The van der Waals surface area contributed by atoms with Gasteiger partial charge in [-0.05, 0) is 0 Å². The van der Waals surface area contributed by atoms with E-state index in [1.165, 1.54) is 11.8 Å². The van der Waals surface area contributed by atoms with Crippen molar-refractivity contribution in [3.05, 3.63) is 0 Å². The largest absolute Gasteiger partial charge is 0.481 e. The molecule has 0 saturated carbocycles. The van der Waals surface area contributed by atoms with Crippen LogP contribution < -0.4 is 0 Å². The van der Waals surface area contributed by atoms with E-state index in [0.717, 1.165) is 0 Å². The van der Waals surface area contributed by atoms with Gasteiger partial charge in [-0.1, -0.05) is 6.92 Å². The summed E-state index contributed by atoms with van der Waals surface area (Å²) in [6.45, 7) is 1.72. The first-order chi connectivity index (χ1) is 6.80. The molecule has 0 aromatic heterocycles. The van der Waals surface area contributed by atoms with Crippen molar-refractivity contribution in [2.75, 3.05) is 11.5 Å². The minimum atomic E-state index is -3.14. The fourth-order valence-corrected chi connectivity index (χ4v) is 5.30. The summed E-state index contributed by atoms with van der Waals surface area (Å²) >= 11 is 1.24. The molecule has 0 aromatic carbocycles. The normalized spacial score (nSPS) is 31.3. The summed E-state index contributed by atoms with van der Waals surface area (Å²) < 4.78 is 22.3. The van der Waals surface area contributed by atoms with Crippen molar-refractivity contribution in [1.29, 1.82) is 0 Å². The van der Waals surface area contributed by atoms with Crippen LogP contribution >= 0.6 is 11.8 Å². The van der Waals surface area contributed by atoms with Crippen molar-refractivity contribution in [1.82, 2.24) is 0 Å². The molecule has 88 valence electrons. The first kappa shape index (κ1) is 12.8. The summed E-state index contributed by atoms with van der Waals surface area (Å²) in [6, 6.07) is 0. The molecule has 3 unspecified atom stereocenters. The van der Waals surface area contributed by atoms with Crippen LogP contribution in [0, 0.1) is 0 Å².